The maximum atomic E-state index is 12.1. The van der Waals surface area contributed by atoms with E-state index in [1.807, 2.05) is 0 Å². The minimum absolute atomic E-state index is 0.454. The van der Waals surface area contributed by atoms with Gasteiger partial charge in [-0.15, -0.1) is 0 Å². The molecular formula is C4H5F3O4S. The lowest BCUT2D eigenvalue weighted by atomic mass is 10.7. The van der Waals surface area contributed by atoms with Gasteiger partial charge in [0.25, 0.3) is 0 Å². The zero-order chi connectivity index (χ0) is 9.99. The fraction of sp³-hybridized carbons (Fsp3) is 0.750. The molecule has 0 unspecified atom stereocenters. The molecule has 0 spiro atoms. The highest BCUT2D eigenvalue weighted by molar-refractivity contribution is 7.88. The van der Waals surface area contributed by atoms with Crippen molar-refractivity contribution in [1.29, 1.82) is 0 Å². The average Bonchev–Trinajstić information content (AvgIpc) is 1.85. The Morgan fingerprint density at radius 2 is 1.92 bits per heavy atom. The zero-order valence-electron chi connectivity index (χ0n) is 5.88. The minimum atomic E-state index is -6.23. The highest BCUT2D eigenvalue weighted by Gasteiger charge is 2.55. The number of rotatable bonds is 3. The fourth-order valence-corrected chi connectivity index (χ4v) is 0.573. The van der Waals surface area contributed by atoms with E-state index in [-0.39, 0.29) is 0 Å². The van der Waals surface area contributed by atoms with Gasteiger partial charge in [0.05, 0.1) is 6.61 Å². The molecule has 0 saturated carbocycles. The van der Waals surface area contributed by atoms with E-state index >= 15 is 0 Å². The van der Waals surface area contributed by atoms with Crippen molar-refractivity contribution in [2.24, 2.45) is 0 Å². The van der Waals surface area contributed by atoms with Crippen molar-refractivity contribution >= 4 is 16.2 Å². The predicted molar refractivity (Wildman–Crippen MR) is 31.6 cm³/mol. The van der Waals surface area contributed by atoms with Gasteiger partial charge in [-0.25, -0.2) is 4.79 Å². The molecule has 12 heavy (non-hydrogen) atoms. The van der Waals surface area contributed by atoms with Crippen LogP contribution in [0.3, 0.4) is 0 Å². The first-order valence-corrected chi connectivity index (χ1v) is 4.11. The van der Waals surface area contributed by atoms with Crippen LogP contribution in [0.15, 0.2) is 0 Å². The summed E-state index contributed by atoms with van der Waals surface area (Å²) in [5.41, 5.74) is 0. The molecule has 0 rings (SSSR count). The minimum Gasteiger partial charge on any atom is -0.461 e. The Labute approximate surface area is 66.5 Å². The molecule has 0 aliphatic heterocycles. The molecule has 0 atom stereocenters. The third-order valence-corrected chi connectivity index (χ3v) is 1.60. The molecule has 0 aliphatic rings. The monoisotopic (exact) mass is 206 g/mol. The van der Waals surface area contributed by atoms with Gasteiger partial charge in [0.15, 0.2) is 0 Å². The summed E-state index contributed by atoms with van der Waals surface area (Å²) in [6.07, 6.45) is 0. The van der Waals surface area contributed by atoms with Gasteiger partial charge >= 0.3 is 21.4 Å². The maximum Gasteiger partial charge on any atom is 0.470 e. The Hall–Kier alpha value is -0.790. The topological polar surface area (TPSA) is 60.4 Å². The third kappa shape index (κ3) is 2.10. The van der Waals surface area contributed by atoms with Gasteiger partial charge in [-0.3, -0.25) is 0 Å². The van der Waals surface area contributed by atoms with Crippen molar-refractivity contribution in [3.63, 3.8) is 0 Å². The number of carbonyl (C=O) groups excluding carboxylic acids is 1. The number of esters is 1. The van der Waals surface area contributed by atoms with Crippen LogP contribution in [0.4, 0.5) is 12.7 Å². The molecule has 0 aliphatic carbocycles. The van der Waals surface area contributed by atoms with Crippen molar-refractivity contribution in [3.05, 3.63) is 0 Å². The summed E-state index contributed by atoms with van der Waals surface area (Å²) in [6.45, 7) is 0.725. The second-order valence-corrected chi connectivity index (χ2v) is 3.06. The largest absolute Gasteiger partial charge is 0.470 e. The molecule has 0 aromatic carbocycles. The van der Waals surface area contributed by atoms with Gasteiger partial charge in [0.2, 0.25) is 0 Å². The van der Waals surface area contributed by atoms with Crippen molar-refractivity contribution in [2.75, 3.05) is 6.61 Å². The Morgan fingerprint density at radius 3 is 2.17 bits per heavy atom. The fourth-order valence-electron chi connectivity index (χ4n) is 0.315. The van der Waals surface area contributed by atoms with Gasteiger partial charge < -0.3 is 4.74 Å². The highest BCUT2D eigenvalue weighted by atomic mass is 32.3. The Kier molecular flexibility index (Phi) is 3.08. The first-order valence-electron chi connectivity index (χ1n) is 2.72. The Morgan fingerprint density at radius 1 is 1.50 bits per heavy atom. The van der Waals surface area contributed by atoms with Crippen LogP contribution in [0.2, 0.25) is 0 Å². The van der Waals surface area contributed by atoms with Crippen LogP contribution in [0, 0.1) is 0 Å². The normalized spacial score (nSPS) is 12.7. The number of alkyl halides is 2. The molecule has 0 amide bonds. The van der Waals surface area contributed by atoms with Crippen LogP contribution in [0.5, 0.6) is 0 Å². The predicted octanol–water partition coefficient (Wildman–Crippen LogP) is 0.442. The van der Waals surface area contributed by atoms with Gasteiger partial charge in [-0.1, -0.05) is 3.89 Å². The van der Waals surface area contributed by atoms with E-state index in [0.717, 1.165) is 0 Å². The lowest BCUT2D eigenvalue weighted by Gasteiger charge is -2.08. The molecule has 0 radical (unpaired) electrons. The molecule has 0 bridgehead atoms. The maximum absolute atomic E-state index is 12.1. The van der Waals surface area contributed by atoms with Crippen LogP contribution in [-0.4, -0.2) is 26.2 Å². The van der Waals surface area contributed by atoms with E-state index in [4.69, 9.17) is 0 Å². The molecule has 8 heteroatoms. The number of ether oxygens (including phenoxy) is 1. The molecule has 4 nitrogen and oxygen atoms in total. The molecule has 0 saturated heterocycles. The lowest BCUT2D eigenvalue weighted by molar-refractivity contribution is -0.160. The average molecular weight is 206 g/mol. The molecule has 0 aromatic heterocycles. The first kappa shape index (κ1) is 11.2. The van der Waals surface area contributed by atoms with E-state index in [2.05, 4.69) is 4.74 Å². The van der Waals surface area contributed by atoms with Crippen molar-refractivity contribution < 1.29 is 30.6 Å². The zero-order valence-corrected chi connectivity index (χ0v) is 6.70. The van der Waals surface area contributed by atoms with Crippen LogP contribution >= 0.6 is 0 Å². The summed E-state index contributed by atoms with van der Waals surface area (Å²) in [7, 11) is -6.23. The van der Waals surface area contributed by atoms with Crippen molar-refractivity contribution in [1.82, 2.24) is 0 Å². The van der Waals surface area contributed by atoms with E-state index in [1.54, 1.807) is 0 Å². The number of hydrogen-bond donors (Lipinski definition) is 0. The van der Waals surface area contributed by atoms with Crippen LogP contribution in [0.1, 0.15) is 6.92 Å². The van der Waals surface area contributed by atoms with E-state index in [0.29, 0.717) is 0 Å². The molecule has 72 valence electrons. The number of halogens is 3. The van der Waals surface area contributed by atoms with Gasteiger partial charge in [0.1, 0.15) is 0 Å². The summed E-state index contributed by atoms with van der Waals surface area (Å²) in [5, 5.41) is -5.11. The van der Waals surface area contributed by atoms with Gasteiger partial charge in [0, 0.05) is 0 Å². The van der Waals surface area contributed by atoms with Crippen molar-refractivity contribution in [2.45, 2.75) is 12.2 Å². The SMILES string of the molecule is CCOC(=O)C(F)(F)S(=O)(=O)F. The molecule has 0 fully saturated rings. The lowest BCUT2D eigenvalue weighted by Crippen LogP contribution is -2.36. The summed E-state index contributed by atoms with van der Waals surface area (Å²) in [4.78, 5) is 10.1. The van der Waals surface area contributed by atoms with E-state index < -0.39 is 28.1 Å². The summed E-state index contributed by atoms with van der Waals surface area (Å²) in [6, 6.07) is 0. The summed E-state index contributed by atoms with van der Waals surface area (Å²) < 4.78 is 58.7. The van der Waals surface area contributed by atoms with Crippen LogP contribution in [-0.2, 0) is 19.8 Å². The Balaban J connectivity index is 4.75. The quantitative estimate of drug-likeness (QED) is 0.496. The standard InChI is InChI=1S/C4H5F3O4S/c1-2-11-3(8)4(5,6)12(7,9)10/h2H2,1H3. The van der Waals surface area contributed by atoms with Crippen molar-refractivity contribution in [3.8, 4) is 0 Å². The molecule has 0 N–H and O–H groups in total. The van der Waals surface area contributed by atoms with Crippen LogP contribution < -0.4 is 0 Å². The van der Waals surface area contributed by atoms with Gasteiger partial charge in [-0.05, 0) is 6.92 Å². The second kappa shape index (κ2) is 3.30. The van der Waals surface area contributed by atoms with E-state index in [9.17, 15) is 25.9 Å². The molecular weight excluding hydrogens is 201 g/mol. The number of carbonyl (C=O) groups is 1. The Bertz CT molecular complexity index is 270. The highest BCUT2D eigenvalue weighted by Crippen LogP contribution is 2.24. The smallest absolute Gasteiger partial charge is 0.461 e. The van der Waals surface area contributed by atoms with E-state index in [1.165, 1.54) is 6.92 Å². The van der Waals surface area contributed by atoms with Crippen LogP contribution in [0.25, 0.3) is 0 Å². The molecule has 0 aromatic rings. The third-order valence-electron chi connectivity index (χ3n) is 0.819. The first-order chi connectivity index (χ1) is 5.23. The van der Waals surface area contributed by atoms with Gasteiger partial charge in [-0.2, -0.15) is 17.2 Å². The second-order valence-electron chi connectivity index (χ2n) is 1.68. The number of hydrogen-bond acceptors (Lipinski definition) is 4. The molecule has 0 heterocycles. The summed E-state index contributed by atoms with van der Waals surface area (Å²) in [5.74, 6) is -2.41. The summed E-state index contributed by atoms with van der Waals surface area (Å²) >= 11 is 0.